The molecule has 1 saturated carbocycles. The number of hydrogen-bond acceptors (Lipinski definition) is 2. The fourth-order valence-electron chi connectivity index (χ4n) is 1.30. The lowest BCUT2D eigenvalue weighted by molar-refractivity contribution is -0.110. The summed E-state index contributed by atoms with van der Waals surface area (Å²) < 4.78 is 45.3. The predicted molar refractivity (Wildman–Crippen MR) is 41.9 cm³/mol. The summed E-state index contributed by atoms with van der Waals surface area (Å²) >= 11 is 0. The third kappa shape index (κ3) is 3.23. The molecule has 1 aliphatic rings. The van der Waals surface area contributed by atoms with Gasteiger partial charge in [0, 0.05) is 23.5 Å². The van der Waals surface area contributed by atoms with Gasteiger partial charge in [0.1, 0.15) is 0 Å². The summed E-state index contributed by atoms with van der Waals surface area (Å²) in [4.78, 5) is 0. The molecule has 1 fully saturated rings. The van der Waals surface area contributed by atoms with Crippen LogP contribution in [-0.4, -0.2) is 20.1 Å². The molecular weight excluding hydrogens is 210 g/mol. The standard InChI is InChI=1S/C6H9ClF2O2S/c7-12(10,11)2-1-5-3-6(8,9)4-5/h5H,1-4H2. The molecule has 0 bridgehead atoms. The maximum Gasteiger partial charge on any atom is 0.248 e. The zero-order valence-electron chi connectivity index (χ0n) is 6.26. The molecule has 2 nitrogen and oxygen atoms in total. The average molecular weight is 219 g/mol. The van der Waals surface area contributed by atoms with Crippen molar-refractivity contribution in [1.29, 1.82) is 0 Å². The Labute approximate surface area is 74.3 Å². The summed E-state index contributed by atoms with van der Waals surface area (Å²) in [5.41, 5.74) is 0. The zero-order chi connectivity index (χ0) is 9.41. The summed E-state index contributed by atoms with van der Waals surface area (Å²) in [6.45, 7) is 0. The molecule has 0 unspecified atom stereocenters. The molecule has 0 aliphatic heterocycles. The van der Waals surface area contributed by atoms with Crippen molar-refractivity contribution in [2.75, 3.05) is 5.75 Å². The van der Waals surface area contributed by atoms with Crippen LogP contribution in [0.3, 0.4) is 0 Å². The van der Waals surface area contributed by atoms with Crippen LogP contribution in [0.2, 0.25) is 0 Å². The van der Waals surface area contributed by atoms with E-state index in [0.717, 1.165) is 0 Å². The predicted octanol–water partition coefficient (Wildman–Crippen LogP) is 1.99. The molecule has 6 heteroatoms. The van der Waals surface area contributed by atoms with Crippen LogP contribution < -0.4 is 0 Å². The van der Waals surface area contributed by atoms with E-state index in [0.29, 0.717) is 0 Å². The Balaban J connectivity index is 2.21. The lowest BCUT2D eigenvalue weighted by Gasteiger charge is -2.34. The summed E-state index contributed by atoms with van der Waals surface area (Å²) in [7, 11) is 1.41. The fraction of sp³-hybridized carbons (Fsp3) is 1.00. The van der Waals surface area contributed by atoms with Crippen molar-refractivity contribution >= 4 is 19.7 Å². The van der Waals surface area contributed by atoms with E-state index in [-0.39, 0.29) is 30.9 Å². The van der Waals surface area contributed by atoms with Gasteiger partial charge in [-0.05, 0) is 12.3 Å². The Morgan fingerprint density at radius 2 is 1.92 bits per heavy atom. The van der Waals surface area contributed by atoms with Gasteiger partial charge in [-0.25, -0.2) is 17.2 Å². The fourth-order valence-corrected chi connectivity index (χ4v) is 2.18. The van der Waals surface area contributed by atoms with E-state index in [4.69, 9.17) is 10.7 Å². The first-order valence-electron chi connectivity index (χ1n) is 3.59. The van der Waals surface area contributed by atoms with Crippen LogP contribution in [0.15, 0.2) is 0 Å². The van der Waals surface area contributed by atoms with Gasteiger partial charge >= 0.3 is 0 Å². The van der Waals surface area contributed by atoms with Gasteiger partial charge in [0.2, 0.25) is 15.0 Å². The van der Waals surface area contributed by atoms with Crippen molar-refractivity contribution < 1.29 is 17.2 Å². The first-order chi connectivity index (χ1) is 5.29. The Morgan fingerprint density at radius 1 is 1.42 bits per heavy atom. The number of rotatable bonds is 3. The lowest BCUT2D eigenvalue weighted by atomic mass is 9.80. The van der Waals surface area contributed by atoms with Crippen LogP contribution in [0.4, 0.5) is 8.78 Å². The number of hydrogen-bond donors (Lipinski definition) is 0. The van der Waals surface area contributed by atoms with Crippen molar-refractivity contribution in [2.45, 2.75) is 25.2 Å². The minimum absolute atomic E-state index is 0.173. The monoisotopic (exact) mass is 218 g/mol. The van der Waals surface area contributed by atoms with Gasteiger partial charge in [0.05, 0.1) is 5.75 Å². The van der Waals surface area contributed by atoms with E-state index in [9.17, 15) is 17.2 Å². The Kier molecular flexibility index (Phi) is 2.63. The first kappa shape index (κ1) is 10.2. The second-order valence-electron chi connectivity index (χ2n) is 3.16. The zero-order valence-corrected chi connectivity index (χ0v) is 7.84. The van der Waals surface area contributed by atoms with Crippen LogP contribution in [0, 0.1) is 5.92 Å². The third-order valence-electron chi connectivity index (χ3n) is 1.94. The molecule has 0 N–H and O–H groups in total. The molecule has 1 aliphatic carbocycles. The van der Waals surface area contributed by atoms with Gasteiger partial charge < -0.3 is 0 Å². The molecule has 0 radical (unpaired) electrons. The second kappa shape index (κ2) is 3.10. The van der Waals surface area contributed by atoms with E-state index in [2.05, 4.69) is 0 Å². The summed E-state index contributed by atoms with van der Waals surface area (Å²) in [6.07, 6.45) is -0.139. The van der Waals surface area contributed by atoms with Gasteiger partial charge in [0.25, 0.3) is 0 Å². The van der Waals surface area contributed by atoms with Crippen LogP contribution in [0.25, 0.3) is 0 Å². The highest BCUT2D eigenvalue weighted by molar-refractivity contribution is 8.13. The Morgan fingerprint density at radius 3 is 2.25 bits per heavy atom. The van der Waals surface area contributed by atoms with Crippen molar-refractivity contribution in [3.8, 4) is 0 Å². The topological polar surface area (TPSA) is 34.1 Å². The highest BCUT2D eigenvalue weighted by atomic mass is 35.7. The highest BCUT2D eigenvalue weighted by Crippen LogP contribution is 2.44. The minimum Gasteiger partial charge on any atom is -0.212 e. The summed E-state index contributed by atoms with van der Waals surface area (Å²) in [5, 5.41) is 0. The molecule has 0 aromatic heterocycles. The van der Waals surface area contributed by atoms with Crippen molar-refractivity contribution in [1.82, 2.24) is 0 Å². The normalized spacial score (nSPS) is 23.6. The van der Waals surface area contributed by atoms with E-state index in [1.165, 1.54) is 0 Å². The maximum atomic E-state index is 12.2. The molecule has 1 rings (SSSR count). The Hall–Kier alpha value is 0.1000. The molecule has 12 heavy (non-hydrogen) atoms. The Bertz CT molecular complexity index is 255. The van der Waals surface area contributed by atoms with E-state index >= 15 is 0 Å². The van der Waals surface area contributed by atoms with Crippen LogP contribution in [0.5, 0.6) is 0 Å². The molecule has 0 amide bonds. The second-order valence-corrected chi connectivity index (χ2v) is 6.06. The van der Waals surface area contributed by atoms with Crippen LogP contribution >= 0.6 is 10.7 Å². The number of alkyl halides is 2. The molecule has 0 spiro atoms. The maximum absolute atomic E-state index is 12.2. The highest BCUT2D eigenvalue weighted by Gasteiger charge is 2.44. The molecule has 0 atom stereocenters. The van der Waals surface area contributed by atoms with Crippen molar-refractivity contribution in [3.05, 3.63) is 0 Å². The molecule has 0 heterocycles. The van der Waals surface area contributed by atoms with E-state index in [1.807, 2.05) is 0 Å². The quantitative estimate of drug-likeness (QED) is 0.679. The van der Waals surface area contributed by atoms with Crippen molar-refractivity contribution in [2.24, 2.45) is 5.92 Å². The summed E-state index contributed by atoms with van der Waals surface area (Å²) in [6, 6.07) is 0. The molecule has 0 saturated heterocycles. The van der Waals surface area contributed by atoms with Gasteiger partial charge in [-0.15, -0.1) is 0 Å². The van der Waals surface area contributed by atoms with Crippen molar-refractivity contribution in [3.63, 3.8) is 0 Å². The molecule has 0 aromatic carbocycles. The largest absolute Gasteiger partial charge is 0.248 e. The molecule has 0 aromatic rings. The molecular formula is C6H9ClF2O2S. The van der Waals surface area contributed by atoms with Gasteiger partial charge in [-0.3, -0.25) is 0 Å². The lowest BCUT2D eigenvalue weighted by Crippen LogP contribution is -2.36. The first-order valence-corrected chi connectivity index (χ1v) is 6.06. The summed E-state index contributed by atoms with van der Waals surface area (Å²) in [5.74, 6) is -2.94. The van der Waals surface area contributed by atoms with Gasteiger partial charge in [-0.1, -0.05) is 0 Å². The average Bonchev–Trinajstić information content (AvgIpc) is 1.76. The smallest absolute Gasteiger partial charge is 0.212 e. The number of halogens is 3. The van der Waals surface area contributed by atoms with E-state index < -0.39 is 15.0 Å². The van der Waals surface area contributed by atoms with Crippen LogP contribution in [-0.2, 0) is 9.05 Å². The van der Waals surface area contributed by atoms with Gasteiger partial charge in [0.15, 0.2) is 0 Å². The minimum atomic E-state index is -3.51. The molecule has 72 valence electrons. The van der Waals surface area contributed by atoms with Gasteiger partial charge in [-0.2, -0.15) is 0 Å². The van der Waals surface area contributed by atoms with Crippen LogP contribution in [0.1, 0.15) is 19.3 Å². The van der Waals surface area contributed by atoms with E-state index in [1.54, 1.807) is 0 Å². The third-order valence-corrected chi connectivity index (χ3v) is 3.13. The SMILES string of the molecule is O=S(=O)(Cl)CCC1CC(F)(F)C1.